The average molecular weight is 760 g/mol. The molecule has 0 aliphatic heterocycles. The van der Waals surface area contributed by atoms with Crippen LogP contribution >= 0.6 is 0 Å². The SMILES string of the molecule is CC/C=C\C/C=C\C/C=C\CCCCCC(=O)OC(COCCC(C(=O)[O-])[N+](C)(C)C)COC(=O)CCCCCCCCC/C=C\CCCCCCCC. The van der Waals surface area contributed by atoms with Gasteiger partial charge < -0.3 is 28.6 Å². The highest BCUT2D eigenvalue weighted by molar-refractivity contribution is 5.70. The van der Waals surface area contributed by atoms with Crippen LogP contribution in [-0.4, -0.2) is 75.5 Å². The lowest BCUT2D eigenvalue weighted by Gasteiger charge is -2.34. The van der Waals surface area contributed by atoms with Crippen LogP contribution in [0, 0.1) is 0 Å². The van der Waals surface area contributed by atoms with E-state index in [9.17, 15) is 19.5 Å². The standard InChI is InChI=1S/C46H81NO7/c1-6-8-10-12-14-16-18-20-21-22-23-25-26-28-30-32-34-36-44(48)53-41-42(40-52-39-38-43(46(50)51)47(3,4)5)54-45(49)37-35-33-31-29-27-24-19-17-15-13-11-9-7-2/h9,11,15,17,20-21,24,27,42-43H,6-8,10,12-14,16,18-19,22-23,25-26,28-41H2,1-5H3/b11-9-,17-15-,21-20-,27-24-. The van der Waals surface area contributed by atoms with Crippen LogP contribution in [0.2, 0.25) is 0 Å². The van der Waals surface area contributed by atoms with Crippen molar-refractivity contribution in [3.05, 3.63) is 48.6 Å². The number of nitrogens with zero attached hydrogens (tertiary/aromatic N) is 1. The fourth-order valence-corrected chi connectivity index (χ4v) is 6.08. The van der Waals surface area contributed by atoms with Gasteiger partial charge in [0.25, 0.3) is 0 Å². The second kappa shape index (κ2) is 37.2. The summed E-state index contributed by atoms with van der Waals surface area (Å²) in [6, 6.07) is -0.732. The summed E-state index contributed by atoms with van der Waals surface area (Å²) in [5.74, 6) is -1.78. The van der Waals surface area contributed by atoms with Crippen molar-refractivity contribution in [2.75, 3.05) is 41.0 Å². The third-order valence-corrected chi connectivity index (χ3v) is 9.45. The van der Waals surface area contributed by atoms with Gasteiger partial charge in [0.15, 0.2) is 6.10 Å². The number of allylic oxidation sites excluding steroid dienone is 8. The maximum absolute atomic E-state index is 12.7. The van der Waals surface area contributed by atoms with E-state index in [4.69, 9.17) is 14.2 Å². The summed E-state index contributed by atoms with van der Waals surface area (Å²) < 4.78 is 17.1. The molecular weight excluding hydrogens is 679 g/mol. The number of hydrogen-bond acceptors (Lipinski definition) is 7. The molecule has 0 N–H and O–H groups in total. The van der Waals surface area contributed by atoms with Gasteiger partial charge in [-0.05, 0) is 70.6 Å². The summed E-state index contributed by atoms with van der Waals surface area (Å²) >= 11 is 0. The minimum atomic E-state index is -1.13. The third kappa shape index (κ3) is 35.0. The van der Waals surface area contributed by atoms with Crippen molar-refractivity contribution in [1.82, 2.24) is 0 Å². The van der Waals surface area contributed by atoms with E-state index >= 15 is 0 Å². The summed E-state index contributed by atoms with van der Waals surface area (Å²) in [6.07, 6.45) is 42.8. The Kier molecular flexibility index (Phi) is 35.4. The highest BCUT2D eigenvalue weighted by atomic mass is 16.6. The van der Waals surface area contributed by atoms with E-state index in [2.05, 4.69) is 62.5 Å². The van der Waals surface area contributed by atoms with E-state index in [1.54, 1.807) is 21.1 Å². The fraction of sp³-hybridized carbons (Fsp3) is 0.761. The lowest BCUT2D eigenvalue weighted by atomic mass is 10.1. The fourth-order valence-electron chi connectivity index (χ4n) is 6.08. The molecule has 0 aromatic rings. The molecule has 312 valence electrons. The number of ether oxygens (including phenoxy) is 3. The number of carboxylic acid groups (broad SMARTS) is 1. The van der Waals surface area contributed by atoms with Gasteiger partial charge in [-0.3, -0.25) is 9.59 Å². The molecule has 0 aliphatic carbocycles. The van der Waals surface area contributed by atoms with Gasteiger partial charge in [0, 0.05) is 19.3 Å². The van der Waals surface area contributed by atoms with Crippen LogP contribution in [-0.2, 0) is 28.6 Å². The monoisotopic (exact) mass is 760 g/mol. The van der Waals surface area contributed by atoms with Crippen molar-refractivity contribution in [2.45, 2.75) is 187 Å². The van der Waals surface area contributed by atoms with E-state index in [0.717, 1.165) is 64.2 Å². The molecule has 0 fully saturated rings. The maximum Gasteiger partial charge on any atom is 0.306 e. The maximum atomic E-state index is 12.7. The number of unbranched alkanes of at least 4 members (excludes halogenated alkanes) is 16. The van der Waals surface area contributed by atoms with Crippen molar-refractivity contribution in [3.8, 4) is 0 Å². The second-order valence-electron chi connectivity index (χ2n) is 15.5. The summed E-state index contributed by atoms with van der Waals surface area (Å²) in [7, 11) is 5.39. The molecule has 0 rings (SSSR count). The number of carbonyl (C=O) groups is 3. The first kappa shape index (κ1) is 51.3. The van der Waals surface area contributed by atoms with Gasteiger partial charge in [0.1, 0.15) is 12.6 Å². The van der Waals surface area contributed by atoms with E-state index in [0.29, 0.717) is 6.42 Å². The van der Waals surface area contributed by atoms with Crippen molar-refractivity contribution in [2.24, 2.45) is 0 Å². The Morgan fingerprint density at radius 1 is 0.574 bits per heavy atom. The first-order valence-electron chi connectivity index (χ1n) is 21.7. The number of quaternary nitrogens is 1. The lowest BCUT2D eigenvalue weighted by molar-refractivity contribution is -0.889. The first-order valence-corrected chi connectivity index (χ1v) is 21.7. The van der Waals surface area contributed by atoms with E-state index < -0.39 is 18.1 Å². The van der Waals surface area contributed by atoms with Crippen molar-refractivity contribution >= 4 is 17.9 Å². The van der Waals surface area contributed by atoms with Crippen LogP contribution in [0.25, 0.3) is 0 Å². The van der Waals surface area contributed by atoms with Gasteiger partial charge >= 0.3 is 11.9 Å². The molecule has 0 radical (unpaired) electrons. The number of carboxylic acids is 1. The molecule has 8 heteroatoms. The quantitative estimate of drug-likeness (QED) is 0.0267. The Morgan fingerprint density at radius 3 is 1.57 bits per heavy atom. The number of likely N-dealkylation sites (N-methyl/N-ethyl adjacent to an activating group) is 1. The molecule has 0 bridgehead atoms. The molecule has 0 aromatic carbocycles. The van der Waals surface area contributed by atoms with Crippen LogP contribution in [0.4, 0.5) is 0 Å². The van der Waals surface area contributed by atoms with E-state index in [-0.39, 0.29) is 49.1 Å². The van der Waals surface area contributed by atoms with Gasteiger partial charge in [0.2, 0.25) is 0 Å². The van der Waals surface area contributed by atoms with Gasteiger partial charge in [0.05, 0.1) is 40.3 Å². The molecule has 0 aromatic heterocycles. The van der Waals surface area contributed by atoms with Crippen molar-refractivity contribution < 1.29 is 38.2 Å². The minimum absolute atomic E-state index is 0.0268. The topological polar surface area (TPSA) is 102 Å². The number of hydrogen-bond donors (Lipinski definition) is 0. The van der Waals surface area contributed by atoms with Crippen molar-refractivity contribution in [3.63, 3.8) is 0 Å². The highest BCUT2D eigenvalue weighted by Gasteiger charge is 2.25. The van der Waals surface area contributed by atoms with Crippen LogP contribution in [0.15, 0.2) is 48.6 Å². The van der Waals surface area contributed by atoms with E-state index in [1.165, 1.54) is 77.0 Å². The van der Waals surface area contributed by atoms with Gasteiger partial charge in [-0.15, -0.1) is 0 Å². The third-order valence-electron chi connectivity index (χ3n) is 9.45. The Labute approximate surface area is 331 Å². The summed E-state index contributed by atoms with van der Waals surface area (Å²) in [5, 5.41) is 11.6. The molecule has 2 atom stereocenters. The van der Waals surface area contributed by atoms with Gasteiger partial charge in [-0.2, -0.15) is 0 Å². The predicted molar refractivity (Wildman–Crippen MR) is 222 cm³/mol. The zero-order valence-corrected chi connectivity index (χ0v) is 35.4. The lowest BCUT2D eigenvalue weighted by Crippen LogP contribution is -2.55. The minimum Gasteiger partial charge on any atom is -0.544 e. The molecular formula is C46H81NO7. The van der Waals surface area contributed by atoms with Crippen molar-refractivity contribution in [1.29, 1.82) is 0 Å². The highest BCUT2D eigenvalue weighted by Crippen LogP contribution is 2.13. The predicted octanol–water partition coefficient (Wildman–Crippen LogP) is 10.3. The number of rotatable bonds is 38. The summed E-state index contributed by atoms with van der Waals surface area (Å²) in [6.45, 7) is 4.50. The van der Waals surface area contributed by atoms with Crippen LogP contribution in [0.5, 0.6) is 0 Å². The summed E-state index contributed by atoms with van der Waals surface area (Å²) in [5.41, 5.74) is 0. The summed E-state index contributed by atoms with van der Waals surface area (Å²) in [4.78, 5) is 36.8. The molecule has 54 heavy (non-hydrogen) atoms. The number of aliphatic carboxylic acids is 1. The van der Waals surface area contributed by atoms with E-state index in [1.807, 2.05) is 0 Å². The Balaban J connectivity index is 4.38. The Bertz CT molecular complexity index is 1030. The van der Waals surface area contributed by atoms with Crippen LogP contribution in [0.3, 0.4) is 0 Å². The largest absolute Gasteiger partial charge is 0.544 e. The molecule has 0 saturated carbocycles. The Hall–Kier alpha value is -2.71. The zero-order chi connectivity index (χ0) is 40.0. The number of carbonyl (C=O) groups excluding carboxylic acids is 3. The average Bonchev–Trinajstić information content (AvgIpc) is 3.12. The molecule has 8 nitrogen and oxygen atoms in total. The normalized spacial score (nSPS) is 13.4. The molecule has 0 aliphatic rings. The number of esters is 2. The molecule has 0 amide bonds. The smallest absolute Gasteiger partial charge is 0.306 e. The molecule has 0 saturated heterocycles. The van der Waals surface area contributed by atoms with Crippen LogP contribution < -0.4 is 5.11 Å². The molecule has 0 spiro atoms. The molecule has 2 unspecified atom stereocenters. The molecule has 0 heterocycles. The first-order chi connectivity index (χ1) is 26.1. The van der Waals surface area contributed by atoms with Gasteiger partial charge in [-0.1, -0.05) is 133 Å². The zero-order valence-electron chi connectivity index (χ0n) is 35.4. The second-order valence-corrected chi connectivity index (χ2v) is 15.5. The van der Waals surface area contributed by atoms with Crippen LogP contribution in [0.1, 0.15) is 174 Å². The van der Waals surface area contributed by atoms with Gasteiger partial charge in [-0.25, -0.2) is 0 Å². The Morgan fingerprint density at radius 2 is 1.04 bits per heavy atom.